The Morgan fingerprint density at radius 1 is 0.519 bits per heavy atom. The van der Waals surface area contributed by atoms with Gasteiger partial charge in [0.15, 0.2) is 17.5 Å². The molecule has 0 saturated heterocycles. The van der Waals surface area contributed by atoms with Gasteiger partial charge in [-0.1, -0.05) is 117 Å². The van der Waals surface area contributed by atoms with Crippen molar-refractivity contribution in [2.75, 3.05) is 0 Å². The van der Waals surface area contributed by atoms with E-state index in [4.69, 9.17) is 15.0 Å². The Labute approximate surface area is 315 Å². The lowest BCUT2D eigenvalue weighted by molar-refractivity contribution is 0.296. The van der Waals surface area contributed by atoms with Crippen LogP contribution in [-0.4, -0.2) is 19.5 Å². The summed E-state index contributed by atoms with van der Waals surface area (Å²) in [5.74, 6) is 5.35. The molecule has 4 aliphatic rings. The summed E-state index contributed by atoms with van der Waals surface area (Å²) in [6, 6.07) is 48.4. The SMILES string of the molecule is CC1(C)c2cc3c(cc2-c2cc4c5ccccc5n(-c5cccc(-c6nc(-c7ccccc7)nc(-c7ccccc7)n6)c5)c4cc21)C1CC2CC(C1)C3C2. The quantitative estimate of drug-likeness (QED) is 0.184. The lowest BCUT2D eigenvalue weighted by atomic mass is 9.67. The highest BCUT2D eigenvalue weighted by atomic mass is 15.0. The van der Waals surface area contributed by atoms with Crippen LogP contribution in [0.2, 0.25) is 0 Å². The third-order valence-corrected chi connectivity index (χ3v) is 13.6. The van der Waals surface area contributed by atoms with E-state index in [1.165, 1.54) is 69.7 Å². The van der Waals surface area contributed by atoms with Crippen LogP contribution in [-0.2, 0) is 5.41 Å². The molecule has 2 saturated carbocycles. The Balaban J connectivity index is 1.04. The molecule has 54 heavy (non-hydrogen) atoms. The maximum Gasteiger partial charge on any atom is 0.164 e. The zero-order valence-corrected chi connectivity index (χ0v) is 30.6. The van der Waals surface area contributed by atoms with Crippen LogP contribution >= 0.6 is 0 Å². The van der Waals surface area contributed by atoms with Gasteiger partial charge in [-0.25, -0.2) is 15.0 Å². The molecule has 4 atom stereocenters. The van der Waals surface area contributed by atoms with Crippen LogP contribution in [0.5, 0.6) is 0 Å². The molecule has 0 N–H and O–H groups in total. The van der Waals surface area contributed by atoms with E-state index < -0.39 is 0 Å². The molecule has 2 fully saturated rings. The van der Waals surface area contributed by atoms with Gasteiger partial charge in [-0.3, -0.25) is 0 Å². The highest BCUT2D eigenvalue weighted by Crippen LogP contribution is 2.62. The number of nitrogens with zero attached hydrogens (tertiary/aromatic N) is 4. The molecule has 0 aliphatic heterocycles. The van der Waals surface area contributed by atoms with Crippen molar-refractivity contribution in [3.8, 4) is 51.0 Å². The zero-order chi connectivity index (χ0) is 35.7. The van der Waals surface area contributed by atoms with E-state index in [0.717, 1.165) is 46.0 Å². The molecule has 4 unspecified atom stereocenters. The van der Waals surface area contributed by atoms with Crippen molar-refractivity contribution < 1.29 is 0 Å². The summed E-state index contributed by atoms with van der Waals surface area (Å²) in [5.41, 5.74) is 15.5. The van der Waals surface area contributed by atoms with Gasteiger partial charge in [0.1, 0.15) is 0 Å². The second-order valence-electron chi connectivity index (χ2n) is 16.9. The Morgan fingerprint density at radius 3 is 1.93 bits per heavy atom. The molecule has 260 valence electrons. The molecule has 4 aliphatic carbocycles. The Hall–Kier alpha value is -5.87. The van der Waals surface area contributed by atoms with Gasteiger partial charge in [-0.2, -0.15) is 0 Å². The molecule has 0 radical (unpaired) electrons. The molecular formula is C50H40N4. The number of hydrogen-bond donors (Lipinski definition) is 0. The Bertz CT molecular complexity index is 2770. The first-order valence-corrected chi connectivity index (χ1v) is 19.7. The van der Waals surface area contributed by atoms with Gasteiger partial charge in [-0.15, -0.1) is 0 Å². The van der Waals surface area contributed by atoms with Crippen LogP contribution < -0.4 is 0 Å². The number of fused-ring (bicyclic) bond motifs is 11. The predicted molar refractivity (Wildman–Crippen MR) is 219 cm³/mol. The van der Waals surface area contributed by atoms with Gasteiger partial charge < -0.3 is 4.57 Å². The normalized spacial score (nSPS) is 21.4. The summed E-state index contributed by atoms with van der Waals surface area (Å²) in [4.78, 5) is 15.1. The van der Waals surface area contributed by atoms with Crippen molar-refractivity contribution in [2.45, 2.75) is 56.8 Å². The monoisotopic (exact) mass is 696 g/mol. The van der Waals surface area contributed by atoms with Crippen LogP contribution in [0, 0.1) is 11.8 Å². The molecule has 2 aromatic heterocycles. The minimum absolute atomic E-state index is 0.0852. The van der Waals surface area contributed by atoms with Gasteiger partial charge in [0.25, 0.3) is 0 Å². The number of aromatic nitrogens is 4. The van der Waals surface area contributed by atoms with Crippen LogP contribution in [0.25, 0.3) is 72.8 Å². The largest absolute Gasteiger partial charge is 0.309 e. The summed E-state index contributed by atoms with van der Waals surface area (Å²) >= 11 is 0. The first kappa shape index (κ1) is 30.6. The van der Waals surface area contributed by atoms with Gasteiger partial charge in [-0.05, 0) is 113 Å². The average Bonchev–Trinajstić information content (AvgIpc) is 3.76. The topological polar surface area (TPSA) is 43.6 Å². The molecule has 3 bridgehead atoms. The van der Waals surface area contributed by atoms with E-state index in [-0.39, 0.29) is 5.41 Å². The van der Waals surface area contributed by atoms with E-state index in [1.807, 2.05) is 36.4 Å². The number of benzene rings is 6. The molecule has 12 rings (SSSR count). The fourth-order valence-corrected chi connectivity index (χ4v) is 11.1. The first-order valence-electron chi connectivity index (χ1n) is 19.7. The Morgan fingerprint density at radius 2 is 1.17 bits per heavy atom. The van der Waals surface area contributed by atoms with Crippen molar-refractivity contribution >= 4 is 21.8 Å². The second-order valence-corrected chi connectivity index (χ2v) is 16.9. The maximum atomic E-state index is 5.06. The summed E-state index contributed by atoms with van der Waals surface area (Å²) in [7, 11) is 0. The van der Waals surface area contributed by atoms with Crippen molar-refractivity contribution in [3.05, 3.63) is 156 Å². The number of hydrogen-bond acceptors (Lipinski definition) is 3. The van der Waals surface area contributed by atoms with E-state index in [9.17, 15) is 0 Å². The molecule has 4 heteroatoms. The fourth-order valence-electron chi connectivity index (χ4n) is 11.1. The van der Waals surface area contributed by atoms with Crippen LogP contribution in [0.1, 0.15) is 73.6 Å². The molecule has 8 aromatic rings. The van der Waals surface area contributed by atoms with Crippen LogP contribution in [0.15, 0.2) is 133 Å². The standard InChI is InChI=1S/C50H40N4/c1-50(2)43-27-39-37-22-29-20-33(37)23-34(21-29)38(39)25-40(43)41-26-42-36-18-9-10-19-45(36)54(46(42)28-44(41)50)35-17-11-16-32(24-35)49-52-47(30-12-5-3-6-13-30)51-48(53-49)31-14-7-4-8-15-31/h3-19,24-29,33-34,37H,20-23H2,1-2H3. The minimum atomic E-state index is -0.0852. The third-order valence-electron chi connectivity index (χ3n) is 13.6. The van der Waals surface area contributed by atoms with E-state index in [2.05, 4.69) is 115 Å². The number of para-hydroxylation sites is 1. The molecule has 4 nitrogen and oxygen atoms in total. The summed E-state index contributed by atoms with van der Waals surface area (Å²) < 4.78 is 2.45. The summed E-state index contributed by atoms with van der Waals surface area (Å²) in [6.45, 7) is 4.90. The van der Waals surface area contributed by atoms with Crippen LogP contribution in [0.3, 0.4) is 0 Å². The van der Waals surface area contributed by atoms with Crippen molar-refractivity contribution in [3.63, 3.8) is 0 Å². The molecule has 0 amide bonds. The van der Waals surface area contributed by atoms with Crippen molar-refractivity contribution in [2.24, 2.45) is 11.8 Å². The molecule has 0 spiro atoms. The van der Waals surface area contributed by atoms with E-state index in [1.54, 1.807) is 11.1 Å². The highest BCUT2D eigenvalue weighted by Gasteiger charge is 2.48. The predicted octanol–water partition coefficient (Wildman–Crippen LogP) is 12.3. The third kappa shape index (κ3) is 4.34. The minimum Gasteiger partial charge on any atom is -0.309 e. The molecular weight excluding hydrogens is 657 g/mol. The average molecular weight is 697 g/mol. The fraction of sp³-hybridized carbons (Fsp3) is 0.220. The smallest absolute Gasteiger partial charge is 0.164 e. The van der Waals surface area contributed by atoms with E-state index >= 15 is 0 Å². The van der Waals surface area contributed by atoms with Gasteiger partial charge in [0.05, 0.1) is 11.0 Å². The molecule has 2 heterocycles. The Kier molecular flexibility index (Phi) is 6.28. The van der Waals surface area contributed by atoms with Crippen molar-refractivity contribution in [1.82, 2.24) is 19.5 Å². The lowest BCUT2D eigenvalue weighted by Crippen LogP contribution is -2.23. The highest BCUT2D eigenvalue weighted by molar-refractivity contribution is 6.11. The van der Waals surface area contributed by atoms with Gasteiger partial charge in [0, 0.05) is 38.6 Å². The summed E-state index contributed by atoms with van der Waals surface area (Å²) in [6.07, 6.45) is 5.66. The van der Waals surface area contributed by atoms with Gasteiger partial charge in [0.2, 0.25) is 0 Å². The number of rotatable bonds is 4. The van der Waals surface area contributed by atoms with Crippen LogP contribution in [0.4, 0.5) is 0 Å². The summed E-state index contributed by atoms with van der Waals surface area (Å²) in [5, 5.41) is 2.58. The zero-order valence-electron chi connectivity index (χ0n) is 30.6. The second kappa shape index (κ2) is 11.1. The van der Waals surface area contributed by atoms with E-state index in [0.29, 0.717) is 17.5 Å². The first-order chi connectivity index (χ1) is 26.5. The lowest BCUT2D eigenvalue weighted by Gasteiger charge is -2.37. The molecule has 6 aromatic carbocycles. The van der Waals surface area contributed by atoms with Crippen molar-refractivity contribution in [1.29, 1.82) is 0 Å². The maximum absolute atomic E-state index is 5.06. The van der Waals surface area contributed by atoms with Gasteiger partial charge >= 0.3 is 0 Å².